The van der Waals surface area contributed by atoms with E-state index in [-0.39, 0.29) is 11.0 Å². The number of nitrogens with two attached hydrogens (primary N) is 1. The van der Waals surface area contributed by atoms with Crippen LogP contribution in [0.2, 0.25) is 0 Å². The molecule has 0 bridgehead atoms. The lowest BCUT2D eigenvalue weighted by molar-refractivity contribution is 0.317. The zero-order valence-corrected chi connectivity index (χ0v) is 11.4. The second kappa shape index (κ2) is 4.68. The SMILES string of the molecule is COc1nc(C)cc(=O)n1CC1(CC(N)=S)CC1. The molecule has 5 nitrogen and oxygen atoms in total. The molecule has 0 unspecified atom stereocenters. The molecule has 1 aromatic heterocycles. The zero-order chi connectivity index (χ0) is 13.3. The topological polar surface area (TPSA) is 70.1 Å². The fraction of sp³-hybridized carbons (Fsp3) is 0.583. The van der Waals surface area contributed by atoms with Crippen molar-refractivity contribution < 1.29 is 4.74 Å². The van der Waals surface area contributed by atoms with Gasteiger partial charge in [-0.2, -0.15) is 0 Å². The maximum atomic E-state index is 12.0. The van der Waals surface area contributed by atoms with Gasteiger partial charge in [0, 0.05) is 24.7 Å². The lowest BCUT2D eigenvalue weighted by Gasteiger charge is -2.18. The molecule has 0 spiro atoms. The van der Waals surface area contributed by atoms with Crippen LogP contribution in [0.3, 0.4) is 0 Å². The monoisotopic (exact) mass is 267 g/mol. The summed E-state index contributed by atoms with van der Waals surface area (Å²) in [7, 11) is 1.52. The van der Waals surface area contributed by atoms with Gasteiger partial charge in [0.05, 0.1) is 12.1 Å². The molecular weight excluding hydrogens is 250 g/mol. The average Bonchev–Trinajstić information content (AvgIpc) is 3.01. The van der Waals surface area contributed by atoms with Crippen molar-refractivity contribution in [3.63, 3.8) is 0 Å². The summed E-state index contributed by atoms with van der Waals surface area (Å²) in [6.45, 7) is 2.34. The van der Waals surface area contributed by atoms with Crippen LogP contribution in [0.25, 0.3) is 0 Å². The van der Waals surface area contributed by atoms with E-state index in [0.29, 0.717) is 29.7 Å². The van der Waals surface area contributed by atoms with E-state index in [0.717, 1.165) is 12.8 Å². The number of rotatable bonds is 5. The molecule has 2 N–H and O–H groups in total. The minimum Gasteiger partial charge on any atom is -0.468 e. The molecule has 0 amide bonds. The Hall–Kier alpha value is -1.43. The first kappa shape index (κ1) is 13.0. The summed E-state index contributed by atoms with van der Waals surface area (Å²) in [6, 6.07) is 1.87. The summed E-state index contributed by atoms with van der Waals surface area (Å²) in [5.74, 6) is 0. The van der Waals surface area contributed by atoms with Crippen molar-refractivity contribution in [2.75, 3.05) is 7.11 Å². The van der Waals surface area contributed by atoms with Crippen molar-refractivity contribution in [2.45, 2.75) is 32.7 Å². The minimum absolute atomic E-state index is 0.0277. The number of hydrogen-bond donors (Lipinski definition) is 1. The predicted octanol–water partition coefficient (Wildman–Crippen LogP) is 1.02. The second-order valence-corrected chi connectivity index (χ2v) is 5.48. The largest absolute Gasteiger partial charge is 0.468 e. The molecule has 1 aliphatic carbocycles. The molecular formula is C12H17N3O2S. The number of methoxy groups -OCH3 is 1. The van der Waals surface area contributed by atoms with Crippen molar-refractivity contribution in [3.8, 4) is 6.01 Å². The van der Waals surface area contributed by atoms with E-state index in [1.165, 1.54) is 13.2 Å². The molecule has 0 saturated heterocycles. The van der Waals surface area contributed by atoms with E-state index in [1.807, 2.05) is 0 Å². The van der Waals surface area contributed by atoms with Gasteiger partial charge in [-0.05, 0) is 25.2 Å². The van der Waals surface area contributed by atoms with Crippen LogP contribution in [0.15, 0.2) is 10.9 Å². The van der Waals surface area contributed by atoms with Gasteiger partial charge in [-0.1, -0.05) is 12.2 Å². The lowest BCUT2D eigenvalue weighted by atomic mass is 10.0. The number of thiocarbonyl (C=S) groups is 1. The number of ether oxygens (including phenoxy) is 1. The summed E-state index contributed by atoms with van der Waals surface area (Å²) in [5, 5.41) is 0. The lowest BCUT2D eigenvalue weighted by Crippen LogP contribution is -2.28. The molecule has 1 heterocycles. The van der Waals surface area contributed by atoms with Crippen LogP contribution >= 0.6 is 12.2 Å². The van der Waals surface area contributed by atoms with Crippen LogP contribution in [-0.2, 0) is 6.54 Å². The van der Waals surface area contributed by atoms with Crippen molar-refractivity contribution in [2.24, 2.45) is 11.1 Å². The molecule has 0 radical (unpaired) electrons. The predicted molar refractivity (Wildman–Crippen MR) is 72.9 cm³/mol. The first-order chi connectivity index (χ1) is 8.46. The van der Waals surface area contributed by atoms with E-state index in [2.05, 4.69) is 4.98 Å². The van der Waals surface area contributed by atoms with Gasteiger partial charge in [0.1, 0.15) is 0 Å². The number of aryl methyl sites for hydroxylation is 1. The third kappa shape index (κ3) is 2.69. The Morgan fingerprint density at radius 1 is 1.67 bits per heavy atom. The Balaban J connectivity index is 2.29. The van der Waals surface area contributed by atoms with Gasteiger partial charge < -0.3 is 10.5 Å². The van der Waals surface area contributed by atoms with Crippen LogP contribution in [0, 0.1) is 12.3 Å². The van der Waals surface area contributed by atoms with Crippen LogP contribution in [0.4, 0.5) is 0 Å². The quantitative estimate of drug-likeness (QED) is 0.806. The number of nitrogens with zero attached hydrogens (tertiary/aromatic N) is 2. The van der Waals surface area contributed by atoms with Gasteiger partial charge in [0.25, 0.3) is 11.6 Å². The fourth-order valence-corrected chi connectivity index (χ4v) is 2.47. The fourth-order valence-electron chi connectivity index (χ4n) is 2.17. The highest BCUT2D eigenvalue weighted by Gasteiger charge is 2.44. The molecule has 1 saturated carbocycles. The summed E-state index contributed by atoms with van der Waals surface area (Å²) >= 11 is 4.96. The molecule has 1 aliphatic rings. The average molecular weight is 267 g/mol. The van der Waals surface area contributed by atoms with E-state index in [9.17, 15) is 4.79 Å². The Morgan fingerprint density at radius 2 is 2.33 bits per heavy atom. The first-order valence-corrected chi connectivity index (χ1v) is 6.27. The maximum absolute atomic E-state index is 12.0. The van der Waals surface area contributed by atoms with Crippen LogP contribution < -0.4 is 16.0 Å². The standard InChI is InChI=1S/C12H17N3O2S/c1-8-5-10(16)15(11(14-8)17-2)7-12(3-4-12)6-9(13)18/h5H,3-4,6-7H2,1-2H3,(H2,13,18). The molecule has 0 atom stereocenters. The summed E-state index contributed by atoms with van der Waals surface area (Å²) in [5.41, 5.74) is 6.20. The summed E-state index contributed by atoms with van der Waals surface area (Å²) < 4.78 is 6.74. The van der Waals surface area contributed by atoms with E-state index < -0.39 is 0 Å². The van der Waals surface area contributed by atoms with Crippen molar-refractivity contribution in [1.29, 1.82) is 0 Å². The number of aromatic nitrogens is 2. The maximum Gasteiger partial charge on any atom is 0.299 e. The molecule has 18 heavy (non-hydrogen) atoms. The highest BCUT2D eigenvalue weighted by Crippen LogP contribution is 2.50. The van der Waals surface area contributed by atoms with Crippen molar-refractivity contribution in [1.82, 2.24) is 9.55 Å². The Kier molecular flexibility index (Phi) is 3.38. The van der Waals surface area contributed by atoms with Crippen LogP contribution in [0.5, 0.6) is 6.01 Å². The minimum atomic E-state index is -0.0893. The summed E-state index contributed by atoms with van der Waals surface area (Å²) in [4.78, 5) is 16.7. The van der Waals surface area contributed by atoms with Gasteiger partial charge in [-0.15, -0.1) is 0 Å². The van der Waals surface area contributed by atoms with Gasteiger partial charge in [-0.3, -0.25) is 9.36 Å². The van der Waals surface area contributed by atoms with Gasteiger partial charge >= 0.3 is 0 Å². The Bertz CT molecular complexity index is 535. The summed E-state index contributed by atoms with van der Waals surface area (Å²) in [6.07, 6.45) is 2.74. The molecule has 1 aromatic rings. The highest BCUT2D eigenvalue weighted by atomic mass is 32.1. The van der Waals surface area contributed by atoms with Gasteiger partial charge in [0.2, 0.25) is 0 Å². The molecule has 2 rings (SSSR count). The third-order valence-corrected chi connectivity index (χ3v) is 3.43. The Morgan fingerprint density at radius 3 is 2.83 bits per heavy atom. The number of hydrogen-bond acceptors (Lipinski definition) is 4. The molecule has 0 aliphatic heterocycles. The van der Waals surface area contributed by atoms with Crippen LogP contribution in [-0.4, -0.2) is 21.6 Å². The van der Waals surface area contributed by atoms with Gasteiger partial charge in [-0.25, -0.2) is 4.98 Å². The molecule has 1 fully saturated rings. The van der Waals surface area contributed by atoms with Crippen molar-refractivity contribution in [3.05, 3.63) is 22.1 Å². The normalized spacial score (nSPS) is 16.3. The Labute approximate surface area is 111 Å². The third-order valence-electron chi connectivity index (χ3n) is 3.28. The smallest absolute Gasteiger partial charge is 0.299 e. The van der Waals surface area contributed by atoms with Crippen molar-refractivity contribution >= 4 is 17.2 Å². The van der Waals surface area contributed by atoms with Crippen LogP contribution in [0.1, 0.15) is 25.0 Å². The molecule has 98 valence electrons. The van der Waals surface area contributed by atoms with Gasteiger partial charge in [0.15, 0.2) is 0 Å². The van der Waals surface area contributed by atoms with E-state index in [4.69, 9.17) is 22.7 Å². The van der Waals surface area contributed by atoms with E-state index in [1.54, 1.807) is 11.5 Å². The van der Waals surface area contributed by atoms with E-state index >= 15 is 0 Å². The first-order valence-electron chi connectivity index (χ1n) is 5.87. The molecule has 0 aromatic carbocycles. The molecule has 6 heteroatoms. The highest BCUT2D eigenvalue weighted by molar-refractivity contribution is 7.80. The second-order valence-electron chi connectivity index (χ2n) is 4.95. The zero-order valence-electron chi connectivity index (χ0n) is 10.6.